The first-order chi connectivity index (χ1) is 7.47. The fraction of sp³-hybridized carbons (Fsp3) is 0.308. The van der Waals surface area contributed by atoms with Gasteiger partial charge in [0.25, 0.3) is 5.91 Å². The number of rotatable bonds is 2. The Morgan fingerprint density at radius 2 is 2.00 bits per heavy atom. The minimum Gasteiger partial charge on any atom is -0.389 e. The predicted molar refractivity (Wildman–Crippen MR) is 62.6 cm³/mol. The Labute approximate surface area is 95.5 Å². The highest BCUT2D eigenvalue weighted by molar-refractivity contribution is 5.94. The van der Waals surface area contributed by atoms with Crippen LogP contribution in [0.2, 0.25) is 0 Å². The average Bonchev–Trinajstić information content (AvgIpc) is 2.24. The molecular formula is C13H15NO2. The summed E-state index contributed by atoms with van der Waals surface area (Å²) in [5, 5.41) is 11.9. The minimum atomic E-state index is -0.913. The van der Waals surface area contributed by atoms with E-state index in [1.807, 2.05) is 30.3 Å². The van der Waals surface area contributed by atoms with Gasteiger partial charge in [-0.25, -0.2) is 0 Å². The molecule has 0 unspecified atom stereocenters. The van der Waals surface area contributed by atoms with E-state index in [0.29, 0.717) is 0 Å². The van der Waals surface area contributed by atoms with Crippen molar-refractivity contribution in [3.05, 3.63) is 35.9 Å². The number of hydrogen-bond acceptors (Lipinski definition) is 2. The Morgan fingerprint density at radius 1 is 1.38 bits per heavy atom. The number of nitrogens with one attached hydrogen (secondary N) is 1. The first-order valence-corrected chi connectivity index (χ1v) is 5.05. The Kier molecular flexibility index (Phi) is 4.10. The molecule has 1 aromatic carbocycles. The fourth-order valence-electron chi connectivity index (χ4n) is 0.991. The van der Waals surface area contributed by atoms with Gasteiger partial charge < -0.3 is 10.4 Å². The normalized spacial score (nSPS) is 10.2. The van der Waals surface area contributed by atoms with Crippen molar-refractivity contribution in [2.45, 2.75) is 19.4 Å². The van der Waals surface area contributed by atoms with Crippen LogP contribution in [0.3, 0.4) is 0 Å². The van der Waals surface area contributed by atoms with Crippen molar-refractivity contribution < 1.29 is 9.90 Å². The zero-order valence-corrected chi connectivity index (χ0v) is 9.45. The molecule has 3 nitrogen and oxygen atoms in total. The monoisotopic (exact) mass is 217 g/mol. The van der Waals surface area contributed by atoms with Gasteiger partial charge in [0, 0.05) is 18.0 Å². The molecule has 2 N–H and O–H groups in total. The Morgan fingerprint density at radius 3 is 2.56 bits per heavy atom. The van der Waals surface area contributed by atoms with Gasteiger partial charge in [-0.15, -0.1) is 0 Å². The fourth-order valence-corrected chi connectivity index (χ4v) is 0.991. The van der Waals surface area contributed by atoms with Gasteiger partial charge in [0.15, 0.2) is 0 Å². The molecule has 0 saturated heterocycles. The van der Waals surface area contributed by atoms with Crippen LogP contribution in [0.15, 0.2) is 30.3 Å². The van der Waals surface area contributed by atoms with Gasteiger partial charge in [-0.1, -0.05) is 24.1 Å². The molecule has 0 aliphatic carbocycles. The number of benzene rings is 1. The molecule has 0 aromatic heterocycles. The molecule has 0 bridgehead atoms. The van der Waals surface area contributed by atoms with Crippen LogP contribution < -0.4 is 5.32 Å². The lowest BCUT2D eigenvalue weighted by Gasteiger charge is -2.16. The maximum absolute atomic E-state index is 11.3. The maximum Gasteiger partial charge on any atom is 0.296 e. The Balaban J connectivity index is 2.50. The SMILES string of the molecule is CC(C)(O)CNC(=O)C#Cc1ccccc1. The summed E-state index contributed by atoms with van der Waals surface area (Å²) in [4.78, 5) is 11.3. The third-order valence-electron chi connectivity index (χ3n) is 1.78. The quantitative estimate of drug-likeness (QED) is 0.724. The van der Waals surface area contributed by atoms with E-state index in [1.165, 1.54) is 0 Å². The van der Waals surface area contributed by atoms with Crippen molar-refractivity contribution in [1.29, 1.82) is 0 Å². The van der Waals surface area contributed by atoms with Gasteiger partial charge in [-0.2, -0.15) is 0 Å². The summed E-state index contributed by atoms with van der Waals surface area (Å²) in [6.45, 7) is 3.44. The second-order valence-corrected chi connectivity index (χ2v) is 4.11. The lowest BCUT2D eigenvalue weighted by atomic mass is 10.1. The Hall–Kier alpha value is -1.79. The smallest absolute Gasteiger partial charge is 0.296 e. The number of carbonyl (C=O) groups is 1. The number of aliphatic hydroxyl groups is 1. The summed E-state index contributed by atoms with van der Waals surface area (Å²) in [5.41, 5.74) is -0.120. The van der Waals surface area contributed by atoms with Crippen LogP contribution in [0.5, 0.6) is 0 Å². The van der Waals surface area contributed by atoms with Gasteiger partial charge in [0.1, 0.15) is 0 Å². The van der Waals surface area contributed by atoms with E-state index in [9.17, 15) is 9.90 Å². The van der Waals surface area contributed by atoms with Crippen LogP contribution in [0.4, 0.5) is 0 Å². The van der Waals surface area contributed by atoms with Crippen molar-refractivity contribution in [3.63, 3.8) is 0 Å². The summed E-state index contributed by atoms with van der Waals surface area (Å²) >= 11 is 0. The first kappa shape index (κ1) is 12.3. The lowest BCUT2D eigenvalue weighted by Crippen LogP contribution is -2.37. The molecular weight excluding hydrogens is 202 g/mol. The highest BCUT2D eigenvalue weighted by atomic mass is 16.3. The molecule has 0 radical (unpaired) electrons. The molecule has 0 spiro atoms. The molecule has 0 atom stereocenters. The number of amides is 1. The summed E-state index contributed by atoms with van der Waals surface area (Å²) < 4.78 is 0. The Bertz CT molecular complexity index is 407. The minimum absolute atomic E-state index is 0.190. The van der Waals surface area contributed by atoms with E-state index in [1.54, 1.807) is 13.8 Å². The van der Waals surface area contributed by atoms with Crippen molar-refractivity contribution >= 4 is 5.91 Å². The van der Waals surface area contributed by atoms with Crippen LogP contribution in [0, 0.1) is 11.8 Å². The molecule has 0 saturated carbocycles. The molecule has 16 heavy (non-hydrogen) atoms. The van der Waals surface area contributed by atoms with Crippen molar-refractivity contribution in [3.8, 4) is 11.8 Å². The van der Waals surface area contributed by atoms with Crippen molar-refractivity contribution in [2.75, 3.05) is 6.54 Å². The maximum atomic E-state index is 11.3. The van der Waals surface area contributed by atoms with Crippen molar-refractivity contribution in [2.24, 2.45) is 0 Å². The summed E-state index contributed by atoms with van der Waals surface area (Å²) in [5.74, 6) is 4.81. The average molecular weight is 217 g/mol. The van der Waals surface area contributed by atoms with E-state index in [2.05, 4.69) is 17.2 Å². The topological polar surface area (TPSA) is 49.3 Å². The molecule has 1 amide bonds. The molecule has 0 heterocycles. The van der Waals surface area contributed by atoms with Gasteiger partial charge in [0.2, 0.25) is 0 Å². The van der Waals surface area contributed by atoms with Crippen molar-refractivity contribution in [1.82, 2.24) is 5.32 Å². The number of hydrogen-bond donors (Lipinski definition) is 2. The second-order valence-electron chi connectivity index (χ2n) is 4.11. The van der Waals surface area contributed by atoms with E-state index >= 15 is 0 Å². The third-order valence-corrected chi connectivity index (χ3v) is 1.78. The molecule has 3 heteroatoms. The molecule has 0 aliphatic heterocycles. The number of carbonyl (C=O) groups excluding carboxylic acids is 1. The molecule has 1 aromatic rings. The standard InChI is InChI=1S/C13H15NO2/c1-13(2,16)10-14-12(15)9-8-11-6-4-3-5-7-11/h3-7,16H,10H2,1-2H3,(H,14,15). The zero-order valence-electron chi connectivity index (χ0n) is 9.45. The van der Waals surface area contributed by atoms with Crippen LogP contribution in [-0.2, 0) is 4.79 Å². The van der Waals surface area contributed by atoms with E-state index in [0.717, 1.165) is 5.56 Å². The highest BCUT2D eigenvalue weighted by Gasteiger charge is 2.12. The summed E-state index contributed by atoms with van der Waals surface area (Å²) in [6, 6.07) is 9.27. The molecule has 0 fully saturated rings. The largest absolute Gasteiger partial charge is 0.389 e. The highest BCUT2D eigenvalue weighted by Crippen LogP contribution is 1.97. The lowest BCUT2D eigenvalue weighted by molar-refractivity contribution is -0.116. The third kappa shape index (κ3) is 5.18. The van der Waals surface area contributed by atoms with E-state index in [4.69, 9.17) is 0 Å². The second kappa shape index (κ2) is 5.34. The van der Waals surface area contributed by atoms with Crippen LogP contribution >= 0.6 is 0 Å². The summed E-state index contributed by atoms with van der Waals surface area (Å²) in [6.07, 6.45) is 0. The summed E-state index contributed by atoms with van der Waals surface area (Å²) in [7, 11) is 0. The van der Waals surface area contributed by atoms with Crippen LogP contribution in [-0.4, -0.2) is 23.2 Å². The van der Waals surface area contributed by atoms with Gasteiger partial charge in [-0.3, -0.25) is 4.79 Å². The molecule has 1 rings (SSSR count). The van der Waals surface area contributed by atoms with Crippen LogP contribution in [0.1, 0.15) is 19.4 Å². The first-order valence-electron chi connectivity index (χ1n) is 5.05. The molecule has 0 aliphatic rings. The van der Waals surface area contributed by atoms with Gasteiger partial charge in [-0.05, 0) is 26.0 Å². The van der Waals surface area contributed by atoms with E-state index in [-0.39, 0.29) is 12.5 Å². The molecule has 84 valence electrons. The zero-order chi connectivity index (χ0) is 12.0. The van der Waals surface area contributed by atoms with E-state index < -0.39 is 5.60 Å². The van der Waals surface area contributed by atoms with Crippen LogP contribution in [0.25, 0.3) is 0 Å². The van der Waals surface area contributed by atoms with Gasteiger partial charge >= 0.3 is 0 Å². The van der Waals surface area contributed by atoms with Gasteiger partial charge in [0.05, 0.1) is 5.60 Å². The predicted octanol–water partition coefficient (Wildman–Crippen LogP) is 0.925.